The van der Waals surface area contributed by atoms with Crippen molar-refractivity contribution in [3.8, 4) is 0 Å². The van der Waals surface area contributed by atoms with Crippen LogP contribution < -0.4 is 5.73 Å². The first-order valence-corrected chi connectivity index (χ1v) is 8.22. The van der Waals surface area contributed by atoms with Crippen molar-refractivity contribution in [2.45, 2.75) is 70.8 Å². The highest BCUT2D eigenvalue weighted by molar-refractivity contribution is 5.76. The highest BCUT2D eigenvalue weighted by Crippen LogP contribution is 2.28. The molecule has 0 radical (unpaired) electrons. The number of amides is 1. The van der Waals surface area contributed by atoms with E-state index in [1.54, 1.807) is 0 Å². The van der Waals surface area contributed by atoms with Crippen molar-refractivity contribution in [2.75, 3.05) is 13.1 Å². The molecule has 1 saturated heterocycles. The molecule has 0 spiro atoms. The van der Waals surface area contributed by atoms with Crippen LogP contribution in [-0.4, -0.2) is 29.9 Å². The quantitative estimate of drug-likeness (QED) is 0.850. The summed E-state index contributed by atoms with van der Waals surface area (Å²) in [6, 6.07) is 0.385. The molecule has 1 saturated carbocycles. The molecule has 2 rings (SSSR count). The third-order valence-corrected chi connectivity index (χ3v) is 5.02. The lowest BCUT2D eigenvalue weighted by Gasteiger charge is -2.34. The Morgan fingerprint density at radius 3 is 2.26 bits per heavy atom. The first kappa shape index (κ1) is 14.8. The van der Waals surface area contributed by atoms with Crippen LogP contribution in [0.15, 0.2) is 0 Å². The number of hydrogen-bond acceptors (Lipinski definition) is 2. The normalized spacial score (nSPS) is 29.5. The van der Waals surface area contributed by atoms with Gasteiger partial charge in [-0.15, -0.1) is 0 Å². The van der Waals surface area contributed by atoms with Gasteiger partial charge in [0.05, 0.1) is 0 Å². The van der Waals surface area contributed by atoms with Crippen molar-refractivity contribution >= 4 is 5.91 Å². The van der Waals surface area contributed by atoms with Crippen LogP contribution in [0.25, 0.3) is 0 Å². The van der Waals surface area contributed by atoms with Gasteiger partial charge in [0.1, 0.15) is 0 Å². The lowest BCUT2D eigenvalue weighted by atomic mass is 9.84. The Morgan fingerprint density at radius 2 is 1.68 bits per heavy atom. The Morgan fingerprint density at radius 1 is 1.05 bits per heavy atom. The van der Waals surface area contributed by atoms with Gasteiger partial charge in [-0.25, -0.2) is 0 Å². The molecule has 0 bridgehead atoms. The zero-order chi connectivity index (χ0) is 13.7. The molecular formula is C16H30N2O. The lowest BCUT2D eigenvalue weighted by Crippen LogP contribution is -2.39. The fourth-order valence-corrected chi connectivity index (χ4v) is 3.65. The summed E-state index contributed by atoms with van der Waals surface area (Å²) in [6.45, 7) is 4.25. The maximum atomic E-state index is 12.3. The topological polar surface area (TPSA) is 46.3 Å². The molecule has 3 nitrogen and oxygen atoms in total. The van der Waals surface area contributed by atoms with Crippen LogP contribution in [0.4, 0.5) is 0 Å². The second-order valence-corrected chi connectivity index (χ2v) is 6.60. The average molecular weight is 266 g/mol. The summed E-state index contributed by atoms with van der Waals surface area (Å²) in [5.74, 6) is 1.86. The van der Waals surface area contributed by atoms with E-state index >= 15 is 0 Å². The van der Waals surface area contributed by atoms with Crippen molar-refractivity contribution in [1.29, 1.82) is 0 Å². The van der Waals surface area contributed by atoms with Crippen LogP contribution in [0.5, 0.6) is 0 Å². The summed E-state index contributed by atoms with van der Waals surface area (Å²) in [7, 11) is 0. The van der Waals surface area contributed by atoms with E-state index in [-0.39, 0.29) is 0 Å². The summed E-state index contributed by atoms with van der Waals surface area (Å²) in [5.41, 5.74) is 5.92. The van der Waals surface area contributed by atoms with Gasteiger partial charge in [-0.2, -0.15) is 0 Å². The summed E-state index contributed by atoms with van der Waals surface area (Å²) in [5, 5.41) is 0. The van der Waals surface area contributed by atoms with Crippen LogP contribution in [-0.2, 0) is 4.79 Å². The molecule has 3 heteroatoms. The van der Waals surface area contributed by atoms with Gasteiger partial charge in [0.2, 0.25) is 5.91 Å². The largest absolute Gasteiger partial charge is 0.343 e. The summed E-state index contributed by atoms with van der Waals surface area (Å²) < 4.78 is 0. The van der Waals surface area contributed by atoms with E-state index in [0.717, 1.165) is 51.1 Å². The Hall–Kier alpha value is -0.570. The van der Waals surface area contributed by atoms with Crippen LogP contribution in [0, 0.1) is 11.8 Å². The van der Waals surface area contributed by atoms with Crippen molar-refractivity contribution in [2.24, 2.45) is 17.6 Å². The Labute approximate surface area is 117 Å². The maximum absolute atomic E-state index is 12.3. The van der Waals surface area contributed by atoms with Gasteiger partial charge in [0.25, 0.3) is 0 Å². The van der Waals surface area contributed by atoms with Crippen molar-refractivity contribution < 1.29 is 4.79 Å². The number of piperidine rings is 1. The van der Waals surface area contributed by atoms with Gasteiger partial charge in [-0.3, -0.25) is 4.79 Å². The Kier molecular flexibility index (Phi) is 5.68. The second kappa shape index (κ2) is 7.28. The van der Waals surface area contributed by atoms with Gasteiger partial charge in [0.15, 0.2) is 0 Å². The van der Waals surface area contributed by atoms with Gasteiger partial charge < -0.3 is 10.6 Å². The molecule has 0 unspecified atom stereocenters. The standard InChI is InChI=1S/C16H30N2O/c1-2-3-13-8-10-18(11-9-13)16(19)12-14-4-6-15(17)7-5-14/h13-15H,2-12,17H2,1H3. The molecule has 110 valence electrons. The monoisotopic (exact) mass is 266 g/mol. The zero-order valence-corrected chi connectivity index (χ0v) is 12.4. The fraction of sp³-hybridized carbons (Fsp3) is 0.938. The number of carbonyl (C=O) groups is 1. The minimum atomic E-state index is 0.385. The molecule has 0 aromatic rings. The lowest BCUT2D eigenvalue weighted by molar-refractivity contribution is -0.133. The molecule has 1 aliphatic heterocycles. The molecular weight excluding hydrogens is 236 g/mol. The van der Waals surface area contributed by atoms with Gasteiger partial charge >= 0.3 is 0 Å². The average Bonchev–Trinajstić information content (AvgIpc) is 2.42. The van der Waals surface area contributed by atoms with Gasteiger partial charge in [0, 0.05) is 25.6 Å². The SMILES string of the molecule is CCCC1CCN(C(=O)CC2CCC(N)CC2)CC1. The van der Waals surface area contributed by atoms with Crippen LogP contribution >= 0.6 is 0 Å². The second-order valence-electron chi connectivity index (χ2n) is 6.60. The van der Waals surface area contributed by atoms with Gasteiger partial charge in [-0.05, 0) is 50.4 Å². The molecule has 1 heterocycles. The molecule has 0 aromatic carbocycles. The molecule has 0 atom stereocenters. The third kappa shape index (κ3) is 4.48. The van der Waals surface area contributed by atoms with E-state index in [1.807, 2.05) is 0 Å². The van der Waals surface area contributed by atoms with Gasteiger partial charge in [-0.1, -0.05) is 19.8 Å². The highest BCUT2D eigenvalue weighted by Gasteiger charge is 2.26. The summed E-state index contributed by atoms with van der Waals surface area (Å²) in [4.78, 5) is 14.4. The van der Waals surface area contributed by atoms with Crippen LogP contribution in [0.1, 0.15) is 64.7 Å². The summed E-state index contributed by atoms with van der Waals surface area (Å²) in [6.07, 6.45) is 10.3. The first-order chi connectivity index (χ1) is 9.19. The molecule has 2 fully saturated rings. The van der Waals surface area contributed by atoms with Crippen molar-refractivity contribution in [3.63, 3.8) is 0 Å². The number of likely N-dealkylation sites (tertiary alicyclic amines) is 1. The zero-order valence-electron chi connectivity index (χ0n) is 12.4. The van der Waals surface area contributed by atoms with E-state index in [0.29, 0.717) is 17.9 Å². The number of carbonyl (C=O) groups excluding carboxylic acids is 1. The molecule has 2 aliphatic rings. The van der Waals surface area contributed by atoms with E-state index in [1.165, 1.54) is 25.7 Å². The smallest absolute Gasteiger partial charge is 0.222 e. The first-order valence-electron chi connectivity index (χ1n) is 8.22. The van der Waals surface area contributed by atoms with E-state index < -0.39 is 0 Å². The fourth-order valence-electron chi connectivity index (χ4n) is 3.65. The van der Waals surface area contributed by atoms with E-state index in [9.17, 15) is 4.79 Å². The molecule has 1 aliphatic carbocycles. The van der Waals surface area contributed by atoms with Crippen LogP contribution in [0.2, 0.25) is 0 Å². The Balaban J connectivity index is 1.69. The van der Waals surface area contributed by atoms with Crippen molar-refractivity contribution in [1.82, 2.24) is 4.90 Å². The third-order valence-electron chi connectivity index (χ3n) is 5.02. The highest BCUT2D eigenvalue weighted by atomic mass is 16.2. The van der Waals surface area contributed by atoms with Crippen LogP contribution in [0.3, 0.4) is 0 Å². The predicted octanol–water partition coefficient (Wildman–Crippen LogP) is 2.93. The molecule has 19 heavy (non-hydrogen) atoms. The summed E-state index contributed by atoms with van der Waals surface area (Å²) >= 11 is 0. The predicted molar refractivity (Wildman–Crippen MR) is 78.8 cm³/mol. The molecule has 0 aromatic heterocycles. The molecule has 1 amide bonds. The molecule has 2 N–H and O–H groups in total. The van der Waals surface area contributed by atoms with E-state index in [4.69, 9.17) is 5.73 Å². The van der Waals surface area contributed by atoms with E-state index in [2.05, 4.69) is 11.8 Å². The minimum absolute atomic E-state index is 0.385. The Bertz CT molecular complexity index is 276. The number of nitrogens with zero attached hydrogens (tertiary/aromatic N) is 1. The number of hydrogen-bond donors (Lipinski definition) is 1. The maximum Gasteiger partial charge on any atom is 0.222 e. The van der Waals surface area contributed by atoms with Crippen molar-refractivity contribution in [3.05, 3.63) is 0 Å². The number of rotatable bonds is 4. The number of nitrogens with two attached hydrogens (primary N) is 1. The minimum Gasteiger partial charge on any atom is -0.343 e.